The molecule has 0 bridgehead atoms. The van der Waals surface area contributed by atoms with Crippen molar-refractivity contribution in [3.8, 4) is 0 Å². The minimum atomic E-state index is -4.84. The molecule has 0 saturated carbocycles. The Kier molecular flexibility index (Phi) is 5.86. The van der Waals surface area contributed by atoms with Crippen LogP contribution in [0.1, 0.15) is 11.6 Å². The molecule has 17 heavy (non-hydrogen) atoms. The molecule has 0 radical (unpaired) electrons. The van der Waals surface area contributed by atoms with Crippen LogP contribution >= 0.6 is 28.3 Å². The highest BCUT2D eigenvalue weighted by molar-refractivity contribution is 9.10. The summed E-state index contributed by atoms with van der Waals surface area (Å²) in [6.07, 6.45) is -7.56. The fourth-order valence-corrected chi connectivity index (χ4v) is 1.64. The van der Waals surface area contributed by atoms with E-state index in [0.717, 1.165) is 12.1 Å². The van der Waals surface area contributed by atoms with Crippen molar-refractivity contribution in [2.45, 2.75) is 18.3 Å². The van der Waals surface area contributed by atoms with Gasteiger partial charge < -0.3 is 10.8 Å². The summed E-state index contributed by atoms with van der Waals surface area (Å²) in [5.41, 5.74) is 5.08. The summed E-state index contributed by atoms with van der Waals surface area (Å²) in [5, 5.41) is 8.90. The quantitative estimate of drug-likeness (QED) is 0.815. The van der Waals surface area contributed by atoms with Crippen LogP contribution in [0.2, 0.25) is 0 Å². The molecule has 0 spiro atoms. The van der Waals surface area contributed by atoms with Crippen molar-refractivity contribution in [2.24, 2.45) is 5.73 Å². The Balaban J connectivity index is 0.00000256. The highest BCUT2D eigenvalue weighted by atomic mass is 79.9. The number of aliphatic hydroxyl groups excluding tert-OH is 1. The zero-order valence-corrected chi connectivity index (χ0v) is 10.6. The van der Waals surface area contributed by atoms with Crippen LogP contribution in [0.25, 0.3) is 0 Å². The van der Waals surface area contributed by atoms with Gasteiger partial charge in [-0.15, -0.1) is 12.4 Å². The summed E-state index contributed by atoms with van der Waals surface area (Å²) >= 11 is 2.92. The van der Waals surface area contributed by atoms with Gasteiger partial charge in [-0.25, -0.2) is 4.39 Å². The minimum absolute atomic E-state index is 0. The number of hydrogen-bond donors (Lipinski definition) is 2. The van der Waals surface area contributed by atoms with Crippen molar-refractivity contribution >= 4 is 28.3 Å². The predicted octanol–water partition coefficient (Wildman–Crippen LogP) is 2.93. The number of benzene rings is 1. The standard InChI is InChI=1S/C9H8BrF4NO.ClH/c10-5-1-4(2-6(11)3-5)7(15)8(16)9(12,13)14;/h1-3,7-8,16H,15H2;1H/t7-,8-;/m0./s1. The van der Waals surface area contributed by atoms with Crippen LogP contribution in [-0.2, 0) is 0 Å². The van der Waals surface area contributed by atoms with Gasteiger partial charge in [0.15, 0.2) is 6.10 Å². The van der Waals surface area contributed by atoms with E-state index in [4.69, 9.17) is 10.8 Å². The summed E-state index contributed by atoms with van der Waals surface area (Å²) in [7, 11) is 0. The maximum absolute atomic E-state index is 12.9. The third kappa shape index (κ3) is 4.42. The second-order valence-electron chi connectivity index (χ2n) is 3.22. The van der Waals surface area contributed by atoms with E-state index in [2.05, 4.69) is 15.9 Å². The van der Waals surface area contributed by atoms with E-state index in [1.54, 1.807) is 0 Å². The van der Waals surface area contributed by atoms with Gasteiger partial charge in [-0.3, -0.25) is 0 Å². The molecule has 1 aromatic rings. The number of nitrogens with two attached hydrogens (primary N) is 1. The molecule has 0 unspecified atom stereocenters. The van der Waals surface area contributed by atoms with Crippen LogP contribution in [0, 0.1) is 5.82 Å². The van der Waals surface area contributed by atoms with E-state index >= 15 is 0 Å². The second-order valence-corrected chi connectivity index (χ2v) is 4.13. The van der Waals surface area contributed by atoms with Gasteiger partial charge in [0.1, 0.15) is 5.82 Å². The van der Waals surface area contributed by atoms with Crippen LogP contribution in [0.5, 0.6) is 0 Å². The largest absolute Gasteiger partial charge is 0.416 e. The first kappa shape index (κ1) is 16.6. The Morgan fingerprint density at radius 2 is 1.76 bits per heavy atom. The number of aliphatic hydroxyl groups is 1. The lowest BCUT2D eigenvalue weighted by Gasteiger charge is -2.21. The van der Waals surface area contributed by atoms with Gasteiger partial charge in [0.05, 0.1) is 6.04 Å². The van der Waals surface area contributed by atoms with Gasteiger partial charge in [0.25, 0.3) is 0 Å². The Labute approximate surface area is 109 Å². The molecule has 0 aliphatic heterocycles. The van der Waals surface area contributed by atoms with Crippen molar-refractivity contribution in [2.75, 3.05) is 0 Å². The van der Waals surface area contributed by atoms with Crippen molar-refractivity contribution in [3.05, 3.63) is 34.1 Å². The zero-order chi connectivity index (χ0) is 12.5. The molecule has 0 heterocycles. The van der Waals surface area contributed by atoms with Gasteiger partial charge in [-0.05, 0) is 23.8 Å². The number of halogens is 6. The molecule has 2 atom stereocenters. The van der Waals surface area contributed by atoms with E-state index in [1.807, 2.05) is 0 Å². The van der Waals surface area contributed by atoms with Crippen LogP contribution in [0.15, 0.2) is 22.7 Å². The van der Waals surface area contributed by atoms with Gasteiger partial charge in [-0.2, -0.15) is 13.2 Å². The van der Waals surface area contributed by atoms with Crippen LogP contribution in [0.3, 0.4) is 0 Å². The molecule has 3 N–H and O–H groups in total. The average molecular weight is 339 g/mol. The molecule has 2 nitrogen and oxygen atoms in total. The lowest BCUT2D eigenvalue weighted by molar-refractivity contribution is -0.210. The highest BCUT2D eigenvalue weighted by Crippen LogP contribution is 2.30. The second kappa shape index (κ2) is 5.99. The molecule has 0 saturated heterocycles. The molecular weight excluding hydrogens is 329 g/mol. The molecular formula is C9H9BrClF4NO. The van der Waals surface area contributed by atoms with Crippen molar-refractivity contribution < 1.29 is 22.7 Å². The summed E-state index contributed by atoms with van der Waals surface area (Å²) in [6.45, 7) is 0. The Bertz CT molecular complexity index is 367. The van der Waals surface area contributed by atoms with Gasteiger partial charge >= 0.3 is 6.18 Å². The number of alkyl halides is 3. The lowest BCUT2D eigenvalue weighted by atomic mass is 10.0. The SMILES string of the molecule is Cl.N[C@@H](c1cc(F)cc(Br)c1)[C@H](O)C(F)(F)F. The van der Waals surface area contributed by atoms with Crippen molar-refractivity contribution in [3.63, 3.8) is 0 Å². The topological polar surface area (TPSA) is 46.2 Å². The van der Waals surface area contributed by atoms with Crippen LogP contribution in [-0.4, -0.2) is 17.4 Å². The van der Waals surface area contributed by atoms with Crippen molar-refractivity contribution in [1.82, 2.24) is 0 Å². The maximum atomic E-state index is 12.9. The monoisotopic (exact) mass is 337 g/mol. The van der Waals surface area contributed by atoms with Gasteiger partial charge in [-0.1, -0.05) is 15.9 Å². The van der Waals surface area contributed by atoms with Gasteiger partial charge in [0, 0.05) is 4.47 Å². The Morgan fingerprint density at radius 3 is 2.18 bits per heavy atom. The summed E-state index contributed by atoms with van der Waals surface area (Å²) in [6, 6.07) is 1.44. The van der Waals surface area contributed by atoms with E-state index in [-0.39, 0.29) is 22.4 Å². The molecule has 1 aromatic carbocycles. The smallest absolute Gasteiger partial charge is 0.382 e. The Hall–Kier alpha value is -0.370. The average Bonchev–Trinajstić information content (AvgIpc) is 2.12. The molecule has 8 heteroatoms. The Morgan fingerprint density at radius 1 is 1.24 bits per heavy atom. The fraction of sp³-hybridized carbons (Fsp3) is 0.333. The molecule has 0 aliphatic rings. The number of hydrogen-bond acceptors (Lipinski definition) is 2. The summed E-state index contributed by atoms with van der Waals surface area (Å²) in [5.74, 6) is -0.728. The van der Waals surface area contributed by atoms with Crippen LogP contribution < -0.4 is 5.73 Å². The molecule has 0 amide bonds. The molecule has 0 aliphatic carbocycles. The third-order valence-electron chi connectivity index (χ3n) is 1.95. The lowest BCUT2D eigenvalue weighted by Crippen LogP contribution is -2.38. The van der Waals surface area contributed by atoms with Crippen LogP contribution in [0.4, 0.5) is 17.6 Å². The van der Waals surface area contributed by atoms with E-state index < -0.39 is 24.1 Å². The molecule has 1 rings (SSSR count). The fourth-order valence-electron chi connectivity index (χ4n) is 1.15. The molecule has 98 valence electrons. The van der Waals surface area contributed by atoms with E-state index in [9.17, 15) is 17.6 Å². The first-order valence-corrected chi connectivity index (χ1v) is 4.97. The van der Waals surface area contributed by atoms with E-state index in [1.165, 1.54) is 6.07 Å². The van der Waals surface area contributed by atoms with Gasteiger partial charge in [0.2, 0.25) is 0 Å². The zero-order valence-electron chi connectivity index (χ0n) is 8.21. The maximum Gasteiger partial charge on any atom is 0.416 e. The predicted molar refractivity (Wildman–Crippen MR) is 60.3 cm³/mol. The number of rotatable bonds is 2. The molecule has 0 fully saturated rings. The first-order chi connectivity index (χ1) is 7.21. The highest BCUT2D eigenvalue weighted by Gasteiger charge is 2.42. The minimum Gasteiger partial charge on any atom is -0.382 e. The normalized spacial score (nSPS) is 15.0. The summed E-state index contributed by atoms with van der Waals surface area (Å²) < 4.78 is 49.6. The van der Waals surface area contributed by atoms with E-state index in [0.29, 0.717) is 0 Å². The first-order valence-electron chi connectivity index (χ1n) is 4.18. The summed E-state index contributed by atoms with van der Waals surface area (Å²) in [4.78, 5) is 0. The third-order valence-corrected chi connectivity index (χ3v) is 2.40. The molecule has 0 aromatic heterocycles. The van der Waals surface area contributed by atoms with Crippen molar-refractivity contribution in [1.29, 1.82) is 0 Å².